The first-order valence-corrected chi connectivity index (χ1v) is 9.49. The molecule has 0 amide bonds. The fraction of sp³-hybridized carbons (Fsp3) is 0.381. The molecular weight excluding hydrogens is 356 g/mol. The maximum atomic E-state index is 10.9. The summed E-state index contributed by atoms with van der Waals surface area (Å²) >= 11 is 0. The molecule has 0 aliphatic carbocycles. The molecule has 3 rings (SSSR count). The van der Waals surface area contributed by atoms with Crippen LogP contribution in [0.5, 0.6) is 0 Å². The first-order chi connectivity index (χ1) is 13.5. The summed E-state index contributed by atoms with van der Waals surface area (Å²) in [6.45, 7) is 2.48. The Hall–Kier alpha value is -2.93. The van der Waals surface area contributed by atoms with E-state index in [0.717, 1.165) is 46.4 Å². The Labute approximate surface area is 164 Å². The number of nitrogens with two attached hydrogens (primary N) is 1. The predicted molar refractivity (Wildman–Crippen MR) is 108 cm³/mol. The Morgan fingerprint density at radius 1 is 1.29 bits per heavy atom. The molecule has 3 aromatic heterocycles. The molecule has 0 spiro atoms. The van der Waals surface area contributed by atoms with Gasteiger partial charge in [-0.2, -0.15) is 5.10 Å². The van der Waals surface area contributed by atoms with E-state index in [1.165, 1.54) is 0 Å². The number of methoxy groups -OCH3 is 1. The number of rotatable bonds is 9. The fourth-order valence-electron chi connectivity index (χ4n) is 3.54. The van der Waals surface area contributed by atoms with Gasteiger partial charge in [0, 0.05) is 42.7 Å². The summed E-state index contributed by atoms with van der Waals surface area (Å²) in [6, 6.07) is 6.07. The maximum absolute atomic E-state index is 10.9. The lowest BCUT2D eigenvalue weighted by molar-refractivity contribution is -0.137. The lowest BCUT2D eigenvalue weighted by Crippen LogP contribution is -2.10. The number of hydrogen-bond donors (Lipinski definition) is 2. The molecule has 3 aromatic rings. The number of aryl methyl sites for hydroxylation is 1. The van der Waals surface area contributed by atoms with Crippen molar-refractivity contribution in [2.45, 2.75) is 45.6 Å². The molecule has 0 saturated carbocycles. The molecule has 0 aliphatic heterocycles. The third kappa shape index (κ3) is 4.14. The normalized spacial score (nSPS) is 11.2. The van der Waals surface area contributed by atoms with Crippen molar-refractivity contribution in [2.24, 2.45) is 0 Å². The number of carboxylic acids is 1. The van der Waals surface area contributed by atoms with E-state index in [1.54, 1.807) is 13.3 Å². The van der Waals surface area contributed by atoms with Crippen molar-refractivity contribution < 1.29 is 14.6 Å². The largest absolute Gasteiger partial charge is 0.481 e. The summed E-state index contributed by atoms with van der Waals surface area (Å²) in [4.78, 5) is 15.1. The summed E-state index contributed by atoms with van der Waals surface area (Å²) in [5.74, 6) is -0.773. The zero-order valence-electron chi connectivity index (χ0n) is 16.3. The van der Waals surface area contributed by atoms with Gasteiger partial charge in [-0.1, -0.05) is 6.92 Å². The SMILES string of the molecule is CCc1ccc2c(-c3cncc(N)c3)c(CCCCC(=O)O)c(COC)nn12. The summed E-state index contributed by atoms with van der Waals surface area (Å²) < 4.78 is 7.38. The van der Waals surface area contributed by atoms with E-state index < -0.39 is 5.97 Å². The molecule has 7 nitrogen and oxygen atoms in total. The molecule has 0 bridgehead atoms. The molecule has 28 heavy (non-hydrogen) atoms. The molecule has 148 valence electrons. The van der Waals surface area contributed by atoms with E-state index in [-0.39, 0.29) is 6.42 Å². The lowest BCUT2D eigenvalue weighted by Gasteiger charge is -2.17. The van der Waals surface area contributed by atoms with Crippen LogP contribution in [0.3, 0.4) is 0 Å². The molecule has 0 aliphatic rings. The summed E-state index contributed by atoms with van der Waals surface area (Å²) in [6.07, 6.45) is 6.54. The summed E-state index contributed by atoms with van der Waals surface area (Å²) in [5, 5.41) is 13.8. The number of anilines is 1. The molecular formula is C21H26N4O3. The van der Waals surface area contributed by atoms with Crippen LogP contribution in [0.15, 0.2) is 30.6 Å². The molecule has 3 heterocycles. The van der Waals surface area contributed by atoms with Crippen LogP contribution in [0.1, 0.15) is 43.1 Å². The zero-order chi connectivity index (χ0) is 20.1. The van der Waals surface area contributed by atoms with Crippen molar-refractivity contribution in [3.63, 3.8) is 0 Å². The van der Waals surface area contributed by atoms with E-state index in [4.69, 9.17) is 20.7 Å². The Kier molecular flexibility index (Phi) is 6.26. The first-order valence-electron chi connectivity index (χ1n) is 9.49. The fourth-order valence-corrected chi connectivity index (χ4v) is 3.54. The van der Waals surface area contributed by atoms with Gasteiger partial charge in [0.25, 0.3) is 0 Å². The number of nitrogen functional groups attached to an aromatic ring is 1. The molecule has 0 unspecified atom stereocenters. The van der Waals surface area contributed by atoms with Crippen LogP contribution >= 0.6 is 0 Å². The second-order valence-corrected chi connectivity index (χ2v) is 6.82. The number of aromatic nitrogens is 3. The molecule has 0 radical (unpaired) electrons. The second-order valence-electron chi connectivity index (χ2n) is 6.82. The summed E-state index contributed by atoms with van der Waals surface area (Å²) in [7, 11) is 1.65. The molecule has 0 atom stereocenters. The smallest absolute Gasteiger partial charge is 0.303 e. The Morgan fingerprint density at radius 3 is 2.79 bits per heavy atom. The minimum Gasteiger partial charge on any atom is -0.481 e. The van der Waals surface area contributed by atoms with Crippen LogP contribution in [0.25, 0.3) is 16.6 Å². The number of nitrogens with zero attached hydrogens (tertiary/aromatic N) is 3. The summed E-state index contributed by atoms with van der Waals surface area (Å²) in [5.41, 5.74) is 12.6. The highest BCUT2D eigenvalue weighted by atomic mass is 16.5. The monoisotopic (exact) mass is 382 g/mol. The highest BCUT2D eigenvalue weighted by molar-refractivity contribution is 5.84. The maximum Gasteiger partial charge on any atom is 0.303 e. The van der Waals surface area contributed by atoms with Crippen molar-refractivity contribution in [3.8, 4) is 11.1 Å². The van der Waals surface area contributed by atoms with Crippen molar-refractivity contribution in [1.29, 1.82) is 0 Å². The highest BCUT2D eigenvalue weighted by Crippen LogP contribution is 2.33. The van der Waals surface area contributed by atoms with Gasteiger partial charge in [-0.15, -0.1) is 0 Å². The first kappa shape index (κ1) is 19.8. The van der Waals surface area contributed by atoms with Crippen molar-refractivity contribution in [2.75, 3.05) is 12.8 Å². The van der Waals surface area contributed by atoms with Gasteiger partial charge in [0.1, 0.15) is 0 Å². The third-order valence-corrected chi connectivity index (χ3v) is 4.82. The Balaban J connectivity index is 2.17. The van der Waals surface area contributed by atoms with E-state index in [9.17, 15) is 4.79 Å². The van der Waals surface area contributed by atoms with E-state index in [1.807, 2.05) is 16.8 Å². The minimum absolute atomic E-state index is 0.162. The number of unbranched alkanes of at least 4 members (excludes halogenated alkanes) is 1. The van der Waals surface area contributed by atoms with Gasteiger partial charge in [-0.25, -0.2) is 4.52 Å². The number of pyridine rings is 1. The third-order valence-electron chi connectivity index (χ3n) is 4.82. The van der Waals surface area contributed by atoms with Crippen LogP contribution < -0.4 is 5.73 Å². The number of hydrogen-bond acceptors (Lipinski definition) is 5. The average molecular weight is 382 g/mol. The van der Waals surface area contributed by atoms with Gasteiger partial charge >= 0.3 is 5.97 Å². The van der Waals surface area contributed by atoms with Gasteiger partial charge in [0.15, 0.2) is 0 Å². The number of fused-ring (bicyclic) bond motifs is 1. The molecule has 0 fully saturated rings. The molecule has 0 aromatic carbocycles. The van der Waals surface area contributed by atoms with Crippen LogP contribution in [-0.4, -0.2) is 32.8 Å². The van der Waals surface area contributed by atoms with Gasteiger partial charge in [-0.05, 0) is 49.4 Å². The van der Waals surface area contributed by atoms with Gasteiger partial charge in [-0.3, -0.25) is 9.78 Å². The standard InChI is InChI=1S/C21H26N4O3/c1-3-16-8-9-19-21(14-10-15(22)12-23-11-14)17(6-4-5-7-20(26)27)18(13-28-2)24-25(16)19/h8-12H,3-7,13,22H2,1-2H3,(H,26,27). The van der Waals surface area contributed by atoms with Crippen molar-refractivity contribution in [1.82, 2.24) is 14.6 Å². The van der Waals surface area contributed by atoms with E-state index >= 15 is 0 Å². The Bertz CT molecular complexity index is 981. The Morgan fingerprint density at radius 2 is 2.11 bits per heavy atom. The van der Waals surface area contributed by atoms with Crippen LogP contribution in [0.4, 0.5) is 5.69 Å². The van der Waals surface area contributed by atoms with Crippen LogP contribution in [0.2, 0.25) is 0 Å². The average Bonchev–Trinajstić information content (AvgIpc) is 3.07. The van der Waals surface area contributed by atoms with Gasteiger partial charge in [0.05, 0.1) is 23.5 Å². The van der Waals surface area contributed by atoms with E-state index in [0.29, 0.717) is 25.1 Å². The molecule has 0 saturated heterocycles. The second kappa shape index (κ2) is 8.84. The van der Waals surface area contributed by atoms with Gasteiger partial charge in [0.2, 0.25) is 0 Å². The zero-order valence-corrected chi connectivity index (χ0v) is 16.3. The predicted octanol–water partition coefficient (Wildman–Crippen LogP) is 3.48. The van der Waals surface area contributed by atoms with Crippen LogP contribution in [-0.2, 0) is 29.0 Å². The molecule has 3 N–H and O–H groups in total. The number of aliphatic carboxylic acids is 1. The van der Waals surface area contributed by atoms with Gasteiger partial charge < -0.3 is 15.6 Å². The molecule has 7 heteroatoms. The van der Waals surface area contributed by atoms with Crippen molar-refractivity contribution in [3.05, 3.63) is 47.5 Å². The lowest BCUT2D eigenvalue weighted by atomic mass is 9.95. The number of ether oxygens (including phenoxy) is 1. The quantitative estimate of drug-likeness (QED) is 0.549. The van der Waals surface area contributed by atoms with E-state index in [2.05, 4.69) is 24.0 Å². The van der Waals surface area contributed by atoms with Crippen molar-refractivity contribution >= 4 is 17.2 Å². The van der Waals surface area contributed by atoms with Crippen LogP contribution in [0, 0.1) is 0 Å². The number of carbonyl (C=O) groups is 1. The number of carboxylic acid groups (broad SMARTS) is 1. The topological polar surface area (TPSA) is 103 Å². The minimum atomic E-state index is -0.773. The highest BCUT2D eigenvalue weighted by Gasteiger charge is 2.19.